The summed E-state index contributed by atoms with van der Waals surface area (Å²) in [6.07, 6.45) is 1.99. The van der Waals surface area contributed by atoms with Crippen LogP contribution in [0.15, 0.2) is 23.8 Å². The minimum absolute atomic E-state index is 0.362. The Hall–Kier alpha value is -1.19. The molecule has 1 aromatic carbocycles. The summed E-state index contributed by atoms with van der Waals surface area (Å²) in [5.41, 5.74) is 7.71. The molecule has 0 heterocycles. The van der Waals surface area contributed by atoms with Gasteiger partial charge in [-0.05, 0) is 26.0 Å². The number of allylic oxidation sites excluding steroid dienone is 1. The first-order chi connectivity index (χ1) is 8.08. The minimum Gasteiger partial charge on any atom is -0.493 e. The molecule has 17 heavy (non-hydrogen) atoms. The Bertz CT molecular complexity index is 387. The van der Waals surface area contributed by atoms with Crippen LogP contribution < -0.4 is 15.2 Å². The Morgan fingerprint density at radius 2 is 2.12 bits per heavy atom. The van der Waals surface area contributed by atoms with Gasteiger partial charge in [0.05, 0.1) is 7.11 Å². The maximum absolute atomic E-state index is 5.96. The molecular formula is C13H18ClNO2. The van der Waals surface area contributed by atoms with Crippen molar-refractivity contribution in [1.29, 1.82) is 0 Å². The Morgan fingerprint density at radius 1 is 1.41 bits per heavy atom. The molecule has 0 atom stereocenters. The van der Waals surface area contributed by atoms with Crippen LogP contribution in [0.1, 0.15) is 19.4 Å². The highest BCUT2D eigenvalue weighted by atomic mass is 35.5. The molecule has 0 spiro atoms. The maximum Gasteiger partial charge on any atom is 0.166 e. The van der Waals surface area contributed by atoms with Gasteiger partial charge in [0.25, 0.3) is 0 Å². The summed E-state index contributed by atoms with van der Waals surface area (Å²) in [6, 6.07) is 3.51. The monoisotopic (exact) mass is 255 g/mol. The highest BCUT2D eigenvalue weighted by Crippen LogP contribution is 2.34. The van der Waals surface area contributed by atoms with Gasteiger partial charge in [0.1, 0.15) is 6.61 Å². The summed E-state index contributed by atoms with van der Waals surface area (Å²) in [7, 11) is 1.58. The normalized spacial score (nSPS) is 9.94. The predicted octanol–water partition coefficient (Wildman–Crippen LogP) is 3.15. The van der Waals surface area contributed by atoms with Crippen LogP contribution in [-0.4, -0.2) is 13.7 Å². The highest BCUT2D eigenvalue weighted by molar-refractivity contribution is 6.30. The van der Waals surface area contributed by atoms with Crippen molar-refractivity contribution < 1.29 is 9.47 Å². The first kappa shape index (κ1) is 13.9. The van der Waals surface area contributed by atoms with Gasteiger partial charge in [0.15, 0.2) is 11.5 Å². The molecule has 0 aromatic heterocycles. The van der Waals surface area contributed by atoms with E-state index in [0.29, 0.717) is 29.7 Å². The van der Waals surface area contributed by atoms with Crippen LogP contribution in [0.2, 0.25) is 5.02 Å². The molecule has 0 bridgehead atoms. The van der Waals surface area contributed by atoms with E-state index in [1.165, 1.54) is 5.57 Å². The first-order valence-electron chi connectivity index (χ1n) is 5.41. The third-order valence-electron chi connectivity index (χ3n) is 2.26. The molecule has 4 heteroatoms. The van der Waals surface area contributed by atoms with E-state index >= 15 is 0 Å². The van der Waals surface area contributed by atoms with Crippen LogP contribution >= 0.6 is 11.6 Å². The maximum atomic E-state index is 5.96. The van der Waals surface area contributed by atoms with Crippen LogP contribution in [0.3, 0.4) is 0 Å². The Labute approximate surface area is 107 Å². The zero-order valence-electron chi connectivity index (χ0n) is 10.4. The Kier molecular flexibility index (Phi) is 5.32. The quantitative estimate of drug-likeness (QED) is 0.822. The van der Waals surface area contributed by atoms with Gasteiger partial charge in [-0.3, -0.25) is 0 Å². The number of halogens is 1. The van der Waals surface area contributed by atoms with Crippen molar-refractivity contribution in [2.45, 2.75) is 20.4 Å². The van der Waals surface area contributed by atoms with Gasteiger partial charge in [-0.15, -0.1) is 0 Å². The minimum atomic E-state index is 0.362. The molecule has 0 saturated heterocycles. The summed E-state index contributed by atoms with van der Waals surface area (Å²) in [5, 5.41) is 0.594. The predicted molar refractivity (Wildman–Crippen MR) is 70.8 cm³/mol. The zero-order valence-corrected chi connectivity index (χ0v) is 11.2. The van der Waals surface area contributed by atoms with E-state index in [1.807, 2.05) is 19.9 Å². The smallest absolute Gasteiger partial charge is 0.166 e. The lowest BCUT2D eigenvalue weighted by molar-refractivity contribution is 0.322. The fraction of sp³-hybridized carbons (Fsp3) is 0.385. The van der Waals surface area contributed by atoms with Crippen LogP contribution in [0.25, 0.3) is 0 Å². The van der Waals surface area contributed by atoms with Crippen molar-refractivity contribution in [1.82, 2.24) is 0 Å². The Balaban J connectivity index is 2.98. The van der Waals surface area contributed by atoms with E-state index in [9.17, 15) is 0 Å². The molecule has 0 unspecified atom stereocenters. The number of hydrogen-bond acceptors (Lipinski definition) is 3. The number of rotatable bonds is 5. The average Bonchev–Trinajstić information content (AvgIpc) is 2.29. The highest BCUT2D eigenvalue weighted by Gasteiger charge is 2.11. The molecule has 0 aliphatic rings. The van der Waals surface area contributed by atoms with Gasteiger partial charge in [0.2, 0.25) is 0 Å². The van der Waals surface area contributed by atoms with Crippen molar-refractivity contribution in [3.8, 4) is 11.5 Å². The second kappa shape index (κ2) is 6.52. The molecule has 0 aliphatic carbocycles. The standard InChI is InChI=1S/C13H18ClNO2/c1-9(2)4-5-17-13-10(8-15)6-11(14)7-12(13)16-3/h4,6-7H,5,8,15H2,1-3H3. The molecule has 1 rings (SSSR count). The molecule has 3 nitrogen and oxygen atoms in total. The summed E-state index contributed by atoms with van der Waals surface area (Å²) in [4.78, 5) is 0. The zero-order chi connectivity index (χ0) is 12.8. The lowest BCUT2D eigenvalue weighted by Gasteiger charge is -2.14. The second-order valence-electron chi connectivity index (χ2n) is 3.89. The van der Waals surface area contributed by atoms with Gasteiger partial charge >= 0.3 is 0 Å². The van der Waals surface area contributed by atoms with E-state index in [2.05, 4.69) is 0 Å². The molecule has 0 radical (unpaired) electrons. The molecule has 1 aromatic rings. The number of methoxy groups -OCH3 is 1. The lowest BCUT2D eigenvalue weighted by atomic mass is 10.2. The third-order valence-corrected chi connectivity index (χ3v) is 2.47. The van der Waals surface area contributed by atoms with Crippen molar-refractivity contribution in [2.24, 2.45) is 5.73 Å². The van der Waals surface area contributed by atoms with Crippen molar-refractivity contribution in [2.75, 3.05) is 13.7 Å². The average molecular weight is 256 g/mol. The fourth-order valence-electron chi connectivity index (χ4n) is 1.38. The number of hydrogen-bond donors (Lipinski definition) is 1. The van der Waals surface area contributed by atoms with Gasteiger partial charge in [0, 0.05) is 23.2 Å². The fourth-order valence-corrected chi connectivity index (χ4v) is 1.61. The van der Waals surface area contributed by atoms with Crippen LogP contribution in [-0.2, 0) is 6.54 Å². The van der Waals surface area contributed by atoms with Gasteiger partial charge in [-0.1, -0.05) is 17.2 Å². The van der Waals surface area contributed by atoms with Gasteiger partial charge < -0.3 is 15.2 Å². The topological polar surface area (TPSA) is 44.5 Å². The van der Waals surface area contributed by atoms with Gasteiger partial charge in [-0.25, -0.2) is 0 Å². The molecule has 94 valence electrons. The third kappa shape index (κ3) is 3.95. The molecule has 0 fully saturated rings. The summed E-state index contributed by atoms with van der Waals surface area (Å²) in [5.74, 6) is 1.28. The van der Waals surface area contributed by atoms with Crippen LogP contribution in [0.5, 0.6) is 11.5 Å². The van der Waals surface area contributed by atoms with Crippen molar-refractivity contribution >= 4 is 11.6 Å². The van der Waals surface area contributed by atoms with Crippen molar-refractivity contribution in [3.05, 3.63) is 34.4 Å². The van der Waals surface area contributed by atoms with E-state index < -0.39 is 0 Å². The lowest BCUT2D eigenvalue weighted by Crippen LogP contribution is -2.04. The largest absolute Gasteiger partial charge is 0.493 e. The molecule has 0 amide bonds. The summed E-state index contributed by atoms with van der Waals surface area (Å²) in [6.45, 7) is 4.90. The van der Waals surface area contributed by atoms with E-state index in [-0.39, 0.29) is 0 Å². The number of benzene rings is 1. The second-order valence-corrected chi connectivity index (χ2v) is 4.33. The Morgan fingerprint density at radius 3 is 2.65 bits per heavy atom. The molecular weight excluding hydrogens is 238 g/mol. The molecule has 0 aliphatic heterocycles. The number of ether oxygens (including phenoxy) is 2. The molecule has 0 saturated carbocycles. The summed E-state index contributed by atoms with van der Waals surface area (Å²) < 4.78 is 10.9. The van der Waals surface area contributed by atoms with Crippen LogP contribution in [0, 0.1) is 0 Å². The van der Waals surface area contributed by atoms with Crippen LogP contribution in [0.4, 0.5) is 0 Å². The van der Waals surface area contributed by atoms with Crippen molar-refractivity contribution in [3.63, 3.8) is 0 Å². The molecule has 2 N–H and O–H groups in total. The van der Waals surface area contributed by atoms with E-state index in [0.717, 1.165) is 5.56 Å². The SMILES string of the molecule is COc1cc(Cl)cc(CN)c1OCC=C(C)C. The summed E-state index contributed by atoms with van der Waals surface area (Å²) >= 11 is 5.96. The van der Waals surface area contributed by atoms with E-state index in [4.69, 9.17) is 26.8 Å². The van der Waals surface area contributed by atoms with Gasteiger partial charge in [-0.2, -0.15) is 0 Å². The van der Waals surface area contributed by atoms with E-state index in [1.54, 1.807) is 19.2 Å². The number of nitrogens with two attached hydrogens (primary N) is 1. The first-order valence-corrected chi connectivity index (χ1v) is 5.79.